The Morgan fingerprint density at radius 3 is 2.74 bits per heavy atom. The van der Waals surface area contributed by atoms with Crippen LogP contribution in [0.2, 0.25) is 0 Å². The SMILES string of the molecule is Cn1c(CCC2CCCCC2)nnc1SCc1ccccc1F. The number of hydrogen-bond donors (Lipinski definition) is 0. The topological polar surface area (TPSA) is 30.7 Å². The number of aryl methyl sites for hydroxylation is 1. The fourth-order valence-electron chi connectivity index (χ4n) is 3.26. The molecule has 0 N–H and O–H groups in total. The smallest absolute Gasteiger partial charge is 0.191 e. The van der Waals surface area contributed by atoms with E-state index in [1.807, 2.05) is 19.2 Å². The molecule has 3 rings (SSSR count). The zero-order chi connectivity index (χ0) is 16.1. The number of nitrogens with zero attached hydrogens (tertiary/aromatic N) is 3. The molecule has 2 aromatic rings. The van der Waals surface area contributed by atoms with Crippen LogP contribution in [0, 0.1) is 11.7 Å². The lowest BCUT2D eigenvalue weighted by Crippen LogP contribution is -2.09. The lowest BCUT2D eigenvalue weighted by Gasteiger charge is -2.20. The first-order valence-electron chi connectivity index (χ1n) is 8.48. The summed E-state index contributed by atoms with van der Waals surface area (Å²) >= 11 is 1.55. The van der Waals surface area contributed by atoms with Crippen molar-refractivity contribution in [2.45, 2.75) is 55.9 Å². The van der Waals surface area contributed by atoms with Crippen LogP contribution in [0.15, 0.2) is 29.4 Å². The summed E-state index contributed by atoms with van der Waals surface area (Å²) in [4.78, 5) is 0. The normalized spacial score (nSPS) is 15.9. The van der Waals surface area contributed by atoms with Gasteiger partial charge in [0.05, 0.1) is 0 Å². The van der Waals surface area contributed by atoms with Crippen LogP contribution in [0.5, 0.6) is 0 Å². The fraction of sp³-hybridized carbons (Fsp3) is 0.556. The molecule has 0 amide bonds. The third-order valence-corrected chi connectivity index (χ3v) is 5.81. The minimum Gasteiger partial charge on any atom is -0.309 e. The summed E-state index contributed by atoms with van der Waals surface area (Å²) in [5.74, 6) is 2.34. The Bertz CT molecular complexity index is 635. The first-order chi connectivity index (χ1) is 11.2. The van der Waals surface area contributed by atoms with Gasteiger partial charge in [-0.1, -0.05) is 62.1 Å². The molecule has 0 unspecified atom stereocenters. The number of rotatable bonds is 6. The molecule has 1 aliphatic carbocycles. The molecule has 0 aliphatic heterocycles. The highest BCUT2D eigenvalue weighted by molar-refractivity contribution is 7.98. The largest absolute Gasteiger partial charge is 0.309 e. The van der Waals surface area contributed by atoms with Gasteiger partial charge in [-0.15, -0.1) is 10.2 Å². The molecular weight excluding hydrogens is 309 g/mol. The Balaban J connectivity index is 1.55. The molecule has 1 fully saturated rings. The predicted molar refractivity (Wildman–Crippen MR) is 91.9 cm³/mol. The second kappa shape index (κ2) is 7.95. The lowest BCUT2D eigenvalue weighted by atomic mass is 9.86. The maximum Gasteiger partial charge on any atom is 0.191 e. The molecule has 0 spiro atoms. The summed E-state index contributed by atoms with van der Waals surface area (Å²) in [5.41, 5.74) is 0.712. The van der Waals surface area contributed by atoms with E-state index in [9.17, 15) is 4.39 Å². The highest BCUT2D eigenvalue weighted by atomic mass is 32.2. The fourth-order valence-corrected chi connectivity index (χ4v) is 4.17. The second-order valence-electron chi connectivity index (χ2n) is 6.38. The van der Waals surface area contributed by atoms with E-state index in [-0.39, 0.29) is 5.82 Å². The average Bonchev–Trinajstić information content (AvgIpc) is 2.93. The van der Waals surface area contributed by atoms with Crippen molar-refractivity contribution < 1.29 is 4.39 Å². The molecule has 0 bridgehead atoms. The summed E-state index contributed by atoms with van der Waals surface area (Å²) in [7, 11) is 2.01. The second-order valence-corrected chi connectivity index (χ2v) is 7.32. The molecule has 1 heterocycles. The Morgan fingerprint density at radius 2 is 1.96 bits per heavy atom. The van der Waals surface area contributed by atoms with E-state index in [1.165, 1.54) is 44.6 Å². The van der Waals surface area contributed by atoms with Gasteiger partial charge in [-0.3, -0.25) is 0 Å². The highest BCUT2D eigenvalue weighted by Crippen LogP contribution is 2.28. The van der Waals surface area contributed by atoms with Crippen molar-refractivity contribution in [3.05, 3.63) is 41.5 Å². The molecule has 124 valence electrons. The van der Waals surface area contributed by atoms with E-state index in [0.717, 1.165) is 23.3 Å². The van der Waals surface area contributed by atoms with E-state index < -0.39 is 0 Å². The summed E-state index contributed by atoms with van der Waals surface area (Å²) < 4.78 is 15.7. The van der Waals surface area contributed by atoms with E-state index in [2.05, 4.69) is 14.8 Å². The number of thioether (sulfide) groups is 1. The Labute approximate surface area is 141 Å². The van der Waals surface area contributed by atoms with Crippen molar-refractivity contribution >= 4 is 11.8 Å². The third kappa shape index (κ3) is 4.34. The minimum atomic E-state index is -0.153. The number of halogens is 1. The van der Waals surface area contributed by atoms with Crippen molar-refractivity contribution in [2.24, 2.45) is 13.0 Å². The quantitative estimate of drug-likeness (QED) is 0.714. The molecule has 3 nitrogen and oxygen atoms in total. The Hall–Kier alpha value is -1.36. The Morgan fingerprint density at radius 1 is 1.17 bits per heavy atom. The summed E-state index contributed by atoms with van der Waals surface area (Å²) in [6, 6.07) is 6.91. The molecule has 0 saturated heterocycles. The molecule has 1 aliphatic rings. The lowest BCUT2D eigenvalue weighted by molar-refractivity contribution is 0.336. The van der Waals surface area contributed by atoms with Crippen molar-refractivity contribution in [1.29, 1.82) is 0 Å². The van der Waals surface area contributed by atoms with E-state index in [1.54, 1.807) is 17.8 Å². The van der Waals surface area contributed by atoms with Crippen LogP contribution in [-0.4, -0.2) is 14.8 Å². The van der Waals surface area contributed by atoms with Crippen LogP contribution in [-0.2, 0) is 19.2 Å². The van der Waals surface area contributed by atoms with Gasteiger partial charge >= 0.3 is 0 Å². The molecule has 0 radical (unpaired) electrons. The monoisotopic (exact) mass is 333 g/mol. The van der Waals surface area contributed by atoms with E-state index in [0.29, 0.717) is 11.3 Å². The number of aromatic nitrogens is 3. The van der Waals surface area contributed by atoms with Gasteiger partial charge in [0.15, 0.2) is 5.16 Å². The third-order valence-electron chi connectivity index (χ3n) is 4.74. The molecule has 1 aromatic carbocycles. The van der Waals surface area contributed by atoms with Crippen LogP contribution < -0.4 is 0 Å². The highest BCUT2D eigenvalue weighted by Gasteiger charge is 2.16. The predicted octanol–water partition coefficient (Wildman–Crippen LogP) is 4.76. The Kier molecular flexibility index (Phi) is 5.70. The standard InChI is InChI=1S/C18H24FN3S/c1-22-17(12-11-14-7-3-2-4-8-14)20-21-18(22)23-13-15-9-5-6-10-16(15)19/h5-6,9-10,14H,2-4,7-8,11-13H2,1H3. The van der Waals surface area contributed by atoms with E-state index >= 15 is 0 Å². The van der Waals surface area contributed by atoms with Crippen LogP contribution in [0.25, 0.3) is 0 Å². The van der Waals surface area contributed by atoms with Gasteiger partial charge in [0.2, 0.25) is 0 Å². The van der Waals surface area contributed by atoms with Gasteiger partial charge < -0.3 is 4.57 Å². The first kappa shape index (κ1) is 16.5. The maximum absolute atomic E-state index is 13.7. The average molecular weight is 333 g/mol. The molecule has 0 atom stereocenters. The van der Waals surface area contributed by atoms with Crippen molar-refractivity contribution in [3.63, 3.8) is 0 Å². The zero-order valence-electron chi connectivity index (χ0n) is 13.7. The molecular formula is C18H24FN3S. The molecule has 23 heavy (non-hydrogen) atoms. The van der Waals surface area contributed by atoms with Crippen molar-refractivity contribution in [3.8, 4) is 0 Å². The van der Waals surface area contributed by atoms with Crippen LogP contribution in [0.4, 0.5) is 4.39 Å². The zero-order valence-corrected chi connectivity index (χ0v) is 14.5. The molecule has 5 heteroatoms. The molecule has 1 aromatic heterocycles. The summed E-state index contributed by atoms with van der Waals surface area (Å²) in [5, 5.41) is 9.48. The number of benzene rings is 1. The maximum atomic E-state index is 13.7. The number of hydrogen-bond acceptors (Lipinski definition) is 3. The van der Waals surface area contributed by atoms with E-state index in [4.69, 9.17) is 0 Å². The molecule has 1 saturated carbocycles. The minimum absolute atomic E-state index is 0.153. The summed E-state index contributed by atoms with van der Waals surface area (Å²) in [6.07, 6.45) is 9.11. The van der Waals surface area contributed by atoms with Crippen molar-refractivity contribution in [2.75, 3.05) is 0 Å². The van der Waals surface area contributed by atoms with Crippen molar-refractivity contribution in [1.82, 2.24) is 14.8 Å². The van der Waals surface area contributed by atoms with Crippen LogP contribution in [0.1, 0.15) is 49.9 Å². The van der Waals surface area contributed by atoms with Gasteiger partial charge in [-0.2, -0.15) is 0 Å². The first-order valence-corrected chi connectivity index (χ1v) is 9.47. The van der Waals surface area contributed by atoms with Gasteiger partial charge in [-0.25, -0.2) is 4.39 Å². The van der Waals surface area contributed by atoms with Gasteiger partial charge in [-0.05, 0) is 24.0 Å². The summed E-state index contributed by atoms with van der Waals surface area (Å²) in [6.45, 7) is 0. The van der Waals surface area contributed by atoms with Gasteiger partial charge in [0.1, 0.15) is 11.6 Å². The van der Waals surface area contributed by atoms with Gasteiger partial charge in [0, 0.05) is 19.2 Å². The van der Waals surface area contributed by atoms with Crippen LogP contribution in [0.3, 0.4) is 0 Å². The van der Waals surface area contributed by atoms with Crippen LogP contribution >= 0.6 is 11.8 Å². The van der Waals surface area contributed by atoms with Gasteiger partial charge in [0.25, 0.3) is 0 Å².